The molecule has 17 heavy (non-hydrogen) atoms. The van der Waals surface area contributed by atoms with E-state index >= 15 is 0 Å². The summed E-state index contributed by atoms with van der Waals surface area (Å²) in [7, 11) is 0. The molecule has 0 aliphatic rings. The Morgan fingerprint density at radius 2 is 2.24 bits per heavy atom. The average Bonchev–Trinajstić information content (AvgIpc) is 2.27. The van der Waals surface area contributed by atoms with Crippen LogP contribution in [0.3, 0.4) is 0 Å². The molecule has 1 aromatic rings. The zero-order chi connectivity index (χ0) is 13.0. The van der Waals surface area contributed by atoms with E-state index in [1.165, 1.54) is 0 Å². The molecule has 7 heteroatoms. The van der Waals surface area contributed by atoms with Gasteiger partial charge in [0.2, 0.25) is 0 Å². The van der Waals surface area contributed by atoms with Crippen LogP contribution in [0.1, 0.15) is 28.8 Å². The lowest BCUT2D eigenvalue weighted by Gasteiger charge is -2.11. The van der Waals surface area contributed by atoms with Crippen LogP contribution in [0.2, 0.25) is 0 Å². The number of nitrogens with zero attached hydrogens (tertiary/aromatic N) is 2. The summed E-state index contributed by atoms with van der Waals surface area (Å²) in [6.07, 6.45) is -2.30. The van der Waals surface area contributed by atoms with Gasteiger partial charge < -0.3 is 5.11 Å². The fourth-order valence-electron chi connectivity index (χ4n) is 1.39. The zero-order valence-corrected chi connectivity index (χ0v) is 10.0. The highest BCUT2D eigenvalue weighted by atomic mass is 79.9. The van der Waals surface area contributed by atoms with Gasteiger partial charge in [-0.25, -0.2) is 8.78 Å². The van der Waals surface area contributed by atoms with Gasteiger partial charge in [0.05, 0.1) is 12.0 Å². The van der Waals surface area contributed by atoms with Crippen molar-refractivity contribution in [3.8, 4) is 6.07 Å². The van der Waals surface area contributed by atoms with E-state index in [1.807, 2.05) is 0 Å². The standard InChI is InChI=1S/C10H7BrF2N2O2/c11-2-7-6(1-8(16)17)5(3-14)4-15-9(7)10(12)13/h4,10H,1-2H2,(H,16,17). The molecule has 0 amide bonds. The monoisotopic (exact) mass is 304 g/mol. The molecule has 0 unspecified atom stereocenters. The fourth-order valence-corrected chi connectivity index (χ4v) is 2.02. The van der Waals surface area contributed by atoms with Crippen molar-refractivity contribution >= 4 is 21.9 Å². The van der Waals surface area contributed by atoms with Gasteiger partial charge in [0.15, 0.2) is 0 Å². The lowest BCUT2D eigenvalue weighted by molar-refractivity contribution is -0.136. The van der Waals surface area contributed by atoms with Crippen LogP contribution in [0.4, 0.5) is 8.78 Å². The summed E-state index contributed by atoms with van der Waals surface area (Å²) >= 11 is 3.01. The maximum atomic E-state index is 12.7. The van der Waals surface area contributed by atoms with Gasteiger partial charge in [-0.3, -0.25) is 9.78 Å². The number of pyridine rings is 1. The number of rotatable bonds is 4. The van der Waals surface area contributed by atoms with E-state index in [9.17, 15) is 13.6 Å². The van der Waals surface area contributed by atoms with E-state index in [1.54, 1.807) is 6.07 Å². The summed E-state index contributed by atoms with van der Waals surface area (Å²) in [6, 6.07) is 1.75. The molecule has 0 bridgehead atoms. The summed E-state index contributed by atoms with van der Waals surface area (Å²) in [4.78, 5) is 14.1. The smallest absolute Gasteiger partial charge is 0.307 e. The van der Waals surface area contributed by atoms with Crippen molar-refractivity contribution in [3.05, 3.63) is 28.6 Å². The molecule has 4 nitrogen and oxygen atoms in total. The Morgan fingerprint density at radius 3 is 2.65 bits per heavy atom. The molecule has 0 aliphatic heterocycles. The highest BCUT2D eigenvalue weighted by Gasteiger charge is 2.21. The topological polar surface area (TPSA) is 74.0 Å². The predicted molar refractivity (Wildman–Crippen MR) is 57.9 cm³/mol. The zero-order valence-electron chi connectivity index (χ0n) is 8.45. The van der Waals surface area contributed by atoms with E-state index < -0.39 is 24.5 Å². The van der Waals surface area contributed by atoms with Crippen molar-refractivity contribution in [2.75, 3.05) is 0 Å². The molecule has 1 aromatic heterocycles. The van der Waals surface area contributed by atoms with Crippen LogP contribution in [-0.2, 0) is 16.5 Å². The average molecular weight is 305 g/mol. The number of carboxylic acid groups (broad SMARTS) is 1. The molecule has 1 rings (SSSR count). The molecule has 0 atom stereocenters. The van der Waals surface area contributed by atoms with E-state index in [2.05, 4.69) is 20.9 Å². The van der Waals surface area contributed by atoms with Crippen LogP contribution < -0.4 is 0 Å². The Bertz CT molecular complexity index is 486. The third-order valence-corrected chi connectivity index (χ3v) is 2.68. The number of alkyl halides is 3. The van der Waals surface area contributed by atoms with Gasteiger partial charge in [0.1, 0.15) is 11.8 Å². The van der Waals surface area contributed by atoms with E-state index in [0.717, 1.165) is 6.20 Å². The van der Waals surface area contributed by atoms with Crippen molar-refractivity contribution in [3.63, 3.8) is 0 Å². The normalized spacial score (nSPS) is 10.3. The highest BCUT2D eigenvalue weighted by molar-refractivity contribution is 9.08. The molecule has 0 aromatic carbocycles. The largest absolute Gasteiger partial charge is 0.481 e. The van der Waals surface area contributed by atoms with Crippen molar-refractivity contribution < 1.29 is 18.7 Å². The first-order valence-electron chi connectivity index (χ1n) is 4.47. The lowest BCUT2D eigenvalue weighted by atomic mass is 10.00. The molecule has 1 N–H and O–H groups in total. The second kappa shape index (κ2) is 5.68. The third-order valence-electron chi connectivity index (χ3n) is 2.12. The highest BCUT2D eigenvalue weighted by Crippen LogP contribution is 2.27. The Hall–Kier alpha value is -1.55. The van der Waals surface area contributed by atoms with Crippen LogP contribution in [0.25, 0.3) is 0 Å². The van der Waals surface area contributed by atoms with Crippen molar-refractivity contribution in [1.29, 1.82) is 5.26 Å². The number of carboxylic acids is 1. The minimum Gasteiger partial charge on any atom is -0.481 e. The lowest BCUT2D eigenvalue weighted by Crippen LogP contribution is -2.10. The number of hydrogen-bond acceptors (Lipinski definition) is 3. The molecule has 0 saturated heterocycles. The summed E-state index contributed by atoms with van der Waals surface area (Å²) in [5.74, 6) is -1.19. The number of aromatic nitrogens is 1. The molecule has 90 valence electrons. The number of nitriles is 1. The van der Waals surface area contributed by atoms with Crippen LogP contribution >= 0.6 is 15.9 Å². The van der Waals surface area contributed by atoms with Gasteiger partial charge in [-0.1, -0.05) is 15.9 Å². The van der Waals surface area contributed by atoms with Crippen LogP contribution in [0, 0.1) is 11.3 Å². The van der Waals surface area contributed by atoms with Crippen molar-refractivity contribution in [1.82, 2.24) is 4.98 Å². The molecule has 0 spiro atoms. The van der Waals surface area contributed by atoms with Crippen molar-refractivity contribution in [2.24, 2.45) is 0 Å². The molecular weight excluding hydrogens is 298 g/mol. The van der Waals surface area contributed by atoms with Gasteiger partial charge in [-0.2, -0.15) is 5.26 Å². The van der Waals surface area contributed by atoms with E-state index in [0.29, 0.717) is 0 Å². The van der Waals surface area contributed by atoms with Crippen LogP contribution in [0.15, 0.2) is 6.20 Å². The first-order chi connectivity index (χ1) is 8.01. The summed E-state index contributed by atoms with van der Waals surface area (Å²) < 4.78 is 25.3. The quantitative estimate of drug-likeness (QED) is 0.867. The summed E-state index contributed by atoms with van der Waals surface area (Å²) in [6.45, 7) is 0. The second-order valence-electron chi connectivity index (χ2n) is 3.13. The molecule has 0 radical (unpaired) electrons. The van der Waals surface area contributed by atoms with Gasteiger partial charge >= 0.3 is 5.97 Å². The first kappa shape index (κ1) is 13.5. The van der Waals surface area contributed by atoms with Crippen molar-refractivity contribution in [2.45, 2.75) is 18.2 Å². The summed E-state index contributed by atoms with van der Waals surface area (Å²) in [5, 5.41) is 17.5. The Balaban J connectivity index is 3.44. The van der Waals surface area contributed by atoms with Gasteiger partial charge in [0, 0.05) is 11.5 Å². The SMILES string of the molecule is N#Cc1cnc(C(F)F)c(CBr)c1CC(=O)O. The Kier molecular flexibility index (Phi) is 4.52. The van der Waals surface area contributed by atoms with Gasteiger partial charge in [0.25, 0.3) is 6.43 Å². The third kappa shape index (κ3) is 2.97. The number of hydrogen-bond donors (Lipinski definition) is 1. The Morgan fingerprint density at radius 1 is 1.59 bits per heavy atom. The molecule has 0 fully saturated rings. The Labute approximate surface area is 104 Å². The minimum absolute atomic E-state index is 0.00579. The molecule has 0 aliphatic carbocycles. The van der Waals surface area contributed by atoms with Gasteiger partial charge in [-0.05, 0) is 11.1 Å². The molecule has 0 saturated carbocycles. The minimum atomic E-state index is -2.80. The fraction of sp³-hybridized carbons (Fsp3) is 0.300. The maximum Gasteiger partial charge on any atom is 0.307 e. The summed E-state index contributed by atoms with van der Waals surface area (Å²) in [5.41, 5.74) is -0.327. The van der Waals surface area contributed by atoms with E-state index in [-0.39, 0.29) is 22.0 Å². The molecule has 1 heterocycles. The number of carbonyl (C=O) groups is 1. The van der Waals surface area contributed by atoms with Crippen LogP contribution in [-0.4, -0.2) is 16.1 Å². The predicted octanol–water partition coefficient (Wildman–Crippen LogP) is 2.41. The number of aliphatic carboxylic acids is 1. The second-order valence-corrected chi connectivity index (χ2v) is 3.69. The number of halogens is 3. The van der Waals surface area contributed by atoms with E-state index in [4.69, 9.17) is 10.4 Å². The maximum absolute atomic E-state index is 12.7. The van der Waals surface area contributed by atoms with Crippen LogP contribution in [0.5, 0.6) is 0 Å². The van der Waals surface area contributed by atoms with Gasteiger partial charge in [-0.15, -0.1) is 0 Å². The molecular formula is C10H7BrF2N2O2. The first-order valence-corrected chi connectivity index (χ1v) is 5.60.